The Morgan fingerprint density at radius 3 is 2.12 bits per heavy atom. The van der Waals surface area contributed by atoms with Gasteiger partial charge in [0.05, 0.1) is 0 Å². The van der Waals surface area contributed by atoms with E-state index in [0.717, 1.165) is 16.7 Å². The van der Waals surface area contributed by atoms with Crippen molar-refractivity contribution in [3.63, 3.8) is 0 Å². The quantitative estimate of drug-likeness (QED) is 0.667. The Balaban J connectivity index is 2.80. The maximum Gasteiger partial charge on any atom is 0.183 e. The normalized spacial score (nSPS) is 10.5. The molecule has 0 saturated heterocycles. The van der Waals surface area contributed by atoms with Crippen LogP contribution >= 0.6 is 0 Å². The Hall–Kier alpha value is -1.38. The molecule has 0 unspecified atom stereocenters. The van der Waals surface area contributed by atoms with Crippen LogP contribution in [-0.4, -0.2) is 19.5 Å². The molecule has 0 N–H and O–H groups in total. The number of ether oxygens (including phenoxy) is 2. The summed E-state index contributed by atoms with van der Waals surface area (Å²) in [6.07, 6.45) is 1.45. The van der Waals surface area contributed by atoms with Gasteiger partial charge < -0.3 is 9.47 Å². The van der Waals surface area contributed by atoms with Crippen molar-refractivity contribution < 1.29 is 9.47 Å². The van der Waals surface area contributed by atoms with Gasteiger partial charge >= 0.3 is 0 Å². The van der Waals surface area contributed by atoms with Crippen molar-refractivity contribution in [3.05, 3.63) is 48.6 Å². The molecule has 0 radical (unpaired) electrons. The van der Waals surface area contributed by atoms with Gasteiger partial charge in [0.2, 0.25) is 0 Å². The minimum atomic E-state index is -0.361. The highest BCUT2D eigenvalue weighted by molar-refractivity contribution is 5.67. The molecule has 2 heteroatoms. The summed E-state index contributed by atoms with van der Waals surface area (Å²) in [6, 6.07) is 8.01. The first-order chi connectivity index (χ1) is 8.22. The van der Waals surface area contributed by atoms with E-state index in [1.807, 2.05) is 44.2 Å². The van der Waals surface area contributed by atoms with Crippen LogP contribution in [0.3, 0.4) is 0 Å². The number of rotatable bonds is 7. The van der Waals surface area contributed by atoms with Gasteiger partial charge in [-0.25, -0.2) is 0 Å². The van der Waals surface area contributed by atoms with E-state index < -0.39 is 0 Å². The Morgan fingerprint density at radius 2 is 1.71 bits per heavy atom. The molecular formula is C15H20O2. The molecule has 2 nitrogen and oxygen atoms in total. The van der Waals surface area contributed by atoms with Gasteiger partial charge in [0.1, 0.15) is 0 Å². The average Bonchev–Trinajstić information content (AvgIpc) is 2.38. The van der Waals surface area contributed by atoms with Gasteiger partial charge in [-0.1, -0.05) is 43.5 Å². The zero-order valence-corrected chi connectivity index (χ0v) is 10.6. The van der Waals surface area contributed by atoms with Crippen LogP contribution in [0.4, 0.5) is 0 Å². The minimum absolute atomic E-state index is 0.361. The van der Waals surface area contributed by atoms with Crippen LogP contribution in [0.2, 0.25) is 0 Å². The zero-order chi connectivity index (χ0) is 12.7. The summed E-state index contributed by atoms with van der Waals surface area (Å²) in [5.74, 6) is 0. The van der Waals surface area contributed by atoms with Crippen molar-refractivity contribution in [2.75, 3.05) is 13.2 Å². The summed E-state index contributed by atoms with van der Waals surface area (Å²) in [6.45, 7) is 12.9. The van der Waals surface area contributed by atoms with E-state index in [9.17, 15) is 0 Å². The highest BCUT2D eigenvalue weighted by Crippen LogP contribution is 2.20. The van der Waals surface area contributed by atoms with Crippen LogP contribution in [-0.2, 0) is 9.47 Å². The average molecular weight is 232 g/mol. The summed E-state index contributed by atoms with van der Waals surface area (Å²) >= 11 is 0. The van der Waals surface area contributed by atoms with E-state index in [-0.39, 0.29) is 6.29 Å². The van der Waals surface area contributed by atoms with Gasteiger partial charge in [0, 0.05) is 18.8 Å². The summed E-state index contributed by atoms with van der Waals surface area (Å²) in [5.41, 5.74) is 2.97. The number of hydrogen-bond acceptors (Lipinski definition) is 2. The first-order valence-corrected chi connectivity index (χ1v) is 5.87. The Bertz CT molecular complexity index is 359. The molecule has 0 saturated carbocycles. The van der Waals surface area contributed by atoms with Crippen molar-refractivity contribution in [3.8, 4) is 0 Å². The second kappa shape index (κ2) is 7.05. The van der Waals surface area contributed by atoms with Gasteiger partial charge in [-0.2, -0.15) is 0 Å². The molecule has 17 heavy (non-hydrogen) atoms. The van der Waals surface area contributed by atoms with Crippen molar-refractivity contribution in [2.24, 2.45) is 0 Å². The fourth-order valence-corrected chi connectivity index (χ4v) is 1.52. The van der Waals surface area contributed by atoms with Crippen LogP contribution in [0, 0.1) is 0 Å². The lowest BCUT2D eigenvalue weighted by Crippen LogP contribution is -2.18. The van der Waals surface area contributed by atoms with Crippen molar-refractivity contribution >= 4 is 11.6 Å². The van der Waals surface area contributed by atoms with Crippen molar-refractivity contribution in [2.45, 2.75) is 20.1 Å². The summed E-state index contributed by atoms with van der Waals surface area (Å²) < 4.78 is 11.0. The second-order valence-electron chi connectivity index (χ2n) is 3.59. The molecule has 1 aromatic rings. The summed E-state index contributed by atoms with van der Waals surface area (Å²) in [4.78, 5) is 0. The van der Waals surface area contributed by atoms with E-state index in [4.69, 9.17) is 9.47 Å². The molecule has 1 aromatic carbocycles. The first kappa shape index (κ1) is 13.7. The van der Waals surface area contributed by atoms with Crippen LogP contribution < -0.4 is 0 Å². The lowest BCUT2D eigenvalue weighted by Gasteiger charge is -2.19. The van der Waals surface area contributed by atoms with Crippen LogP contribution in [0.25, 0.3) is 11.6 Å². The summed E-state index contributed by atoms with van der Waals surface area (Å²) in [5, 5.41) is 0. The van der Waals surface area contributed by atoms with Gasteiger partial charge in [-0.15, -0.1) is 0 Å². The molecule has 0 spiro atoms. The molecule has 0 aliphatic carbocycles. The topological polar surface area (TPSA) is 18.5 Å². The standard InChI is InChI=1S/C15H20O2/c1-5-13-8-10-14(11-9-13)12(4)15(16-6-2)17-7-3/h5,8-11,15H,1,4,6-7H2,2-3H3. The largest absolute Gasteiger partial charge is 0.349 e. The molecule has 0 bridgehead atoms. The molecular weight excluding hydrogens is 212 g/mol. The second-order valence-corrected chi connectivity index (χ2v) is 3.59. The van der Waals surface area contributed by atoms with Gasteiger partial charge in [0.25, 0.3) is 0 Å². The summed E-state index contributed by atoms with van der Waals surface area (Å²) in [7, 11) is 0. The highest BCUT2D eigenvalue weighted by Gasteiger charge is 2.13. The molecule has 0 aliphatic rings. The number of hydrogen-bond donors (Lipinski definition) is 0. The lowest BCUT2D eigenvalue weighted by atomic mass is 10.0. The molecule has 0 heterocycles. The Labute approximate surface area is 104 Å². The monoisotopic (exact) mass is 232 g/mol. The van der Waals surface area contributed by atoms with Gasteiger partial charge in [-0.05, 0) is 25.0 Å². The fraction of sp³-hybridized carbons (Fsp3) is 0.333. The smallest absolute Gasteiger partial charge is 0.183 e. The van der Waals surface area contributed by atoms with Crippen LogP contribution in [0.15, 0.2) is 37.4 Å². The number of benzene rings is 1. The Morgan fingerprint density at radius 1 is 1.18 bits per heavy atom. The highest BCUT2D eigenvalue weighted by atomic mass is 16.7. The molecule has 0 fully saturated rings. The Kier molecular flexibility index (Phi) is 5.67. The van der Waals surface area contributed by atoms with Gasteiger partial charge in [-0.3, -0.25) is 0 Å². The zero-order valence-electron chi connectivity index (χ0n) is 10.6. The van der Waals surface area contributed by atoms with E-state index in [0.29, 0.717) is 13.2 Å². The maximum atomic E-state index is 5.51. The van der Waals surface area contributed by atoms with E-state index in [1.165, 1.54) is 0 Å². The molecule has 0 atom stereocenters. The van der Waals surface area contributed by atoms with Crippen molar-refractivity contribution in [1.29, 1.82) is 0 Å². The third-order valence-electron chi connectivity index (χ3n) is 2.44. The first-order valence-electron chi connectivity index (χ1n) is 5.87. The lowest BCUT2D eigenvalue weighted by molar-refractivity contribution is -0.0962. The van der Waals surface area contributed by atoms with E-state index >= 15 is 0 Å². The SMILES string of the molecule is C=Cc1ccc(C(=C)C(OCC)OCC)cc1. The molecule has 1 rings (SSSR count). The van der Waals surface area contributed by atoms with Gasteiger partial charge in [0.15, 0.2) is 6.29 Å². The van der Waals surface area contributed by atoms with Crippen molar-refractivity contribution in [1.82, 2.24) is 0 Å². The van der Waals surface area contributed by atoms with Crippen LogP contribution in [0.1, 0.15) is 25.0 Å². The minimum Gasteiger partial charge on any atom is -0.349 e. The fourth-order valence-electron chi connectivity index (χ4n) is 1.52. The van der Waals surface area contributed by atoms with E-state index in [1.54, 1.807) is 0 Å². The molecule has 0 aliphatic heterocycles. The predicted octanol–water partition coefficient (Wildman–Crippen LogP) is 3.74. The third-order valence-corrected chi connectivity index (χ3v) is 2.44. The maximum absolute atomic E-state index is 5.51. The molecule has 0 amide bonds. The van der Waals surface area contributed by atoms with Crippen LogP contribution in [0.5, 0.6) is 0 Å². The third kappa shape index (κ3) is 3.84. The molecule has 92 valence electrons. The predicted molar refractivity (Wildman–Crippen MR) is 72.6 cm³/mol. The molecule has 0 aromatic heterocycles. The van der Waals surface area contributed by atoms with E-state index in [2.05, 4.69) is 13.2 Å².